The summed E-state index contributed by atoms with van der Waals surface area (Å²) in [5, 5.41) is 22.8. The molecule has 0 aliphatic carbocycles. The lowest BCUT2D eigenvalue weighted by molar-refractivity contribution is -0.384. The maximum Gasteiger partial charge on any atom is 0.294 e. The van der Waals surface area contributed by atoms with Gasteiger partial charge in [0, 0.05) is 16.7 Å². The minimum Gasteiger partial charge on any atom is -0.394 e. The predicted molar refractivity (Wildman–Crippen MR) is 66.9 cm³/mol. The van der Waals surface area contributed by atoms with Gasteiger partial charge in [-0.15, -0.1) is 11.8 Å². The number of anilines is 1. The van der Waals surface area contributed by atoms with Crippen molar-refractivity contribution in [3.8, 4) is 0 Å². The van der Waals surface area contributed by atoms with Crippen LogP contribution in [-0.4, -0.2) is 36.8 Å². The molecule has 0 spiro atoms. The van der Waals surface area contributed by atoms with E-state index >= 15 is 0 Å². The third-order valence-electron chi connectivity index (χ3n) is 2.48. The molecule has 1 aliphatic heterocycles. The van der Waals surface area contributed by atoms with Crippen molar-refractivity contribution in [2.45, 2.75) is 15.8 Å². The molecular formula is C9H10N2O5S2. The van der Waals surface area contributed by atoms with Crippen LogP contribution in [0, 0.1) is 10.1 Å². The number of thiol groups is 1. The standard InChI is InChI=1S/C9H10N2O5S2/c12-3-5-4-17-8-2-6(18(15)16)1-7(11(13)14)9(8)10-5/h1-2,5,10,12,18H,3-4H2. The molecule has 0 fully saturated rings. The van der Waals surface area contributed by atoms with Crippen LogP contribution >= 0.6 is 11.8 Å². The number of nitro benzene ring substituents is 1. The Hall–Kier alpha value is -1.32. The fourth-order valence-electron chi connectivity index (χ4n) is 1.63. The second-order valence-electron chi connectivity index (χ2n) is 3.69. The minimum absolute atomic E-state index is 0.0767. The maximum absolute atomic E-state index is 10.9. The van der Waals surface area contributed by atoms with Crippen LogP contribution in [0.25, 0.3) is 0 Å². The van der Waals surface area contributed by atoms with Gasteiger partial charge in [-0.1, -0.05) is 0 Å². The normalized spacial score (nSPS) is 18.2. The quantitative estimate of drug-likeness (QED) is 0.421. The molecule has 2 rings (SSSR count). The Morgan fingerprint density at radius 2 is 2.28 bits per heavy atom. The molecule has 0 amide bonds. The van der Waals surface area contributed by atoms with Crippen LogP contribution in [0.4, 0.5) is 11.4 Å². The van der Waals surface area contributed by atoms with Crippen molar-refractivity contribution in [2.24, 2.45) is 0 Å². The SMILES string of the molecule is O=[N+]([O-])c1cc([SH](=O)=O)cc2c1NC(CO)CS2. The first-order valence-electron chi connectivity index (χ1n) is 5.00. The Morgan fingerprint density at radius 1 is 1.56 bits per heavy atom. The van der Waals surface area contributed by atoms with Crippen molar-refractivity contribution in [1.82, 2.24) is 0 Å². The molecule has 0 saturated heterocycles. The third-order valence-corrected chi connectivity index (χ3v) is 4.36. The van der Waals surface area contributed by atoms with Crippen LogP contribution in [0.2, 0.25) is 0 Å². The van der Waals surface area contributed by atoms with E-state index in [1.54, 1.807) is 0 Å². The Morgan fingerprint density at radius 3 is 2.83 bits per heavy atom. The lowest BCUT2D eigenvalue weighted by Crippen LogP contribution is -2.29. The number of hydrogen-bond acceptors (Lipinski definition) is 7. The molecule has 18 heavy (non-hydrogen) atoms. The van der Waals surface area contributed by atoms with Gasteiger partial charge in [-0.2, -0.15) is 0 Å². The van der Waals surface area contributed by atoms with E-state index < -0.39 is 15.6 Å². The fraction of sp³-hybridized carbons (Fsp3) is 0.333. The summed E-state index contributed by atoms with van der Waals surface area (Å²) in [6, 6.07) is 2.16. The molecule has 0 radical (unpaired) electrons. The minimum atomic E-state index is -2.86. The molecule has 1 aromatic carbocycles. The molecule has 0 saturated carbocycles. The number of rotatable bonds is 3. The lowest BCUT2D eigenvalue weighted by atomic mass is 10.2. The van der Waals surface area contributed by atoms with Gasteiger partial charge in [-0.25, -0.2) is 8.42 Å². The summed E-state index contributed by atoms with van der Waals surface area (Å²) in [4.78, 5) is 10.7. The van der Waals surface area contributed by atoms with Crippen molar-refractivity contribution in [1.29, 1.82) is 0 Å². The van der Waals surface area contributed by atoms with Crippen LogP contribution in [0.3, 0.4) is 0 Å². The Labute approximate surface area is 108 Å². The first kappa shape index (κ1) is 13.1. The van der Waals surface area contributed by atoms with E-state index in [1.165, 1.54) is 17.8 Å². The second-order valence-corrected chi connectivity index (χ2v) is 5.78. The number of hydrogen-bond donors (Lipinski definition) is 3. The van der Waals surface area contributed by atoms with Crippen LogP contribution < -0.4 is 5.32 Å². The number of aliphatic hydroxyl groups excluding tert-OH is 1. The monoisotopic (exact) mass is 290 g/mol. The lowest BCUT2D eigenvalue weighted by Gasteiger charge is -2.24. The average molecular weight is 290 g/mol. The number of fused-ring (bicyclic) bond motifs is 1. The number of thioether (sulfide) groups is 1. The van der Waals surface area contributed by atoms with E-state index in [9.17, 15) is 18.5 Å². The summed E-state index contributed by atoms with van der Waals surface area (Å²) in [7, 11) is -2.86. The zero-order chi connectivity index (χ0) is 13.3. The van der Waals surface area contributed by atoms with Gasteiger partial charge in [0.15, 0.2) is 10.7 Å². The molecular weight excluding hydrogens is 280 g/mol. The highest BCUT2D eigenvalue weighted by Crippen LogP contribution is 2.40. The van der Waals surface area contributed by atoms with E-state index in [1.807, 2.05) is 0 Å². The summed E-state index contributed by atoms with van der Waals surface area (Å²) < 4.78 is 21.9. The highest BCUT2D eigenvalue weighted by molar-refractivity contribution is 7.99. The smallest absolute Gasteiger partial charge is 0.294 e. The summed E-state index contributed by atoms with van der Waals surface area (Å²) >= 11 is 1.29. The topological polar surface area (TPSA) is 110 Å². The van der Waals surface area contributed by atoms with Gasteiger partial charge in [-0.05, 0) is 6.07 Å². The van der Waals surface area contributed by atoms with Crippen LogP contribution in [-0.2, 0) is 10.7 Å². The van der Waals surface area contributed by atoms with Gasteiger partial charge in [0.1, 0.15) is 5.69 Å². The number of aliphatic hydroxyl groups is 1. The van der Waals surface area contributed by atoms with Gasteiger partial charge < -0.3 is 10.4 Å². The molecule has 1 unspecified atom stereocenters. The number of nitrogens with one attached hydrogen (secondary N) is 1. The first-order valence-corrected chi connectivity index (χ1v) is 7.16. The zero-order valence-corrected chi connectivity index (χ0v) is 10.7. The van der Waals surface area contributed by atoms with E-state index in [-0.39, 0.29) is 28.9 Å². The van der Waals surface area contributed by atoms with Gasteiger partial charge in [0.05, 0.1) is 22.5 Å². The predicted octanol–water partition coefficient (Wildman–Crippen LogP) is 0.444. The van der Waals surface area contributed by atoms with Gasteiger partial charge in [0.2, 0.25) is 0 Å². The summed E-state index contributed by atoms with van der Waals surface area (Å²) in [5.41, 5.74) is -0.0109. The average Bonchev–Trinajstić information content (AvgIpc) is 2.36. The van der Waals surface area contributed by atoms with Crippen LogP contribution in [0.1, 0.15) is 0 Å². The molecule has 98 valence electrons. The molecule has 1 heterocycles. The number of nitro groups is 1. The van der Waals surface area contributed by atoms with E-state index in [0.29, 0.717) is 10.6 Å². The van der Waals surface area contributed by atoms with Crippen LogP contribution in [0.15, 0.2) is 21.9 Å². The molecule has 1 aliphatic rings. The largest absolute Gasteiger partial charge is 0.394 e. The van der Waals surface area contributed by atoms with E-state index in [4.69, 9.17) is 5.11 Å². The zero-order valence-electron chi connectivity index (χ0n) is 9.03. The Balaban J connectivity index is 2.56. The van der Waals surface area contributed by atoms with Gasteiger partial charge in [0.25, 0.3) is 5.69 Å². The maximum atomic E-state index is 10.9. The molecule has 9 heteroatoms. The first-order chi connectivity index (χ1) is 8.52. The summed E-state index contributed by atoms with van der Waals surface area (Å²) in [6.07, 6.45) is 0. The van der Waals surface area contributed by atoms with Gasteiger partial charge >= 0.3 is 0 Å². The van der Waals surface area contributed by atoms with Crippen molar-refractivity contribution in [2.75, 3.05) is 17.7 Å². The Kier molecular flexibility index (Phi) is 3.73. The Bertz CT molecular complexity index is 564. The highest BCUT2D eigenvalue weighted by Gasteiger charge is 2.27. The second kappa shape index (κ2) is 5.12. The molecule has 7 nitrogen and oxygen atoms in total. The molecule has 0 aromatic heterocycles. The van der Waals surface area contributed by atoms with Crippen molar-refractivity contribution in [3.05, 3.63) is 22.2 Å². The number of benzene rings is 1. The van der Waals surface area contributed by atoms with E-state index in [0.717, 1.165) is 6.07 Å². The molecule has 0 bridgehead atoms. The highest BCUT2D eigenvalue weighted by atomic mass is 32.2. The summed E-state index contributed by atoms with van der Waals surface area (Å²) in [6.45, 7) is -0.138. The fourth-order valence-corrected chi connectivity index (χ4v) is 3.27. The number of nitrogens with zero attached hydrogens (tertiary/aromatic N) is 1. The van der Waals surface area contributed by atoms with Crippen LogP contribution in [0.5, 0.6) is 0 Å². The molecule has 1 aromatic rings. The van der Waals surface area contributed by atoms with Gasteiger partial charge in [-0.3, -0.25) is 10.1 Å². The molecule has 1 atom stereocenters. The van der Waals surface area contributed by atoms with Crippen molar-refractivity contribution < 1.29 is 18.4 Å². The summed E-state index contributed by atoms with van der Waals surface area (Å²) in [5.74, 6) is 0.528. The van der Waals surface area contributed by atoms with E-state index in [2.05, 4.69) is 5.32 Å². The third kappa shape index (κ3) is 2.42. The van der Waals surface area contributed by atoms with Crippen molar-refractivity contribution >= 4 is 33.8 Å². The van der Waals surface area contributed by atoms with Crippen molar-refractivity contribution in [3.63, 3.8) is 0 Å². The molecule has 2 N–H and O–H groups in total.